The second-order valence-corrected chi connectivity index (χ2v) is 6.51. The first-order chi connectivity index (χ1) is 8.61. The van der Waals surface area contributed by atoms with E-state index in [1.54, 1.807) is 0 Å². The highest BCUT2D eigenvalue weighted by Crippen LogP contribution is 2.25. The van der Waals surface area contributed by atoms with Crippen LogP contribution in [0.5, 0.6) is 0 Å². The molecule has 1 amide bonds. The van der Waals surface area contributed by atoms with E-state index < -0.39 is 0 Å². The van der Waals surface area contributed by atoms with Crippen LogP contribution in [-0.2, 0) is 0 Å². The average molecular weight is 375 g/mol. The van der Waals surface area contributed by atoms with Gasteiger partial charge in [0.1, 0.15) is 0 Å². The van der Waals surface area contributed by atoms with Gasteiger partial charge in [-0.25, -0.2) is 0 Å². The molecular formula is C14H17Br2NO. The van der Waals surface area contributed by atoms with Gasteiger partial charge in [0, 0.05) is 22.9 Å². The van der Waals surface area contributed by atoms with E-state index in [0.717, 1.165) is 46.9 Å². The second-order valence-electron chi connectivity index (χ2n) is 4.87. The number of aryl methyl sites for hydroxylation is 1. The van der Waals surface area contributed by atoms with E-state index in [9.17, 15) is 4.79 Å². The third-order valence-corrected chi connectivity index (χ3v) is 4.59. The number of rotatable bonds is 3. The van der Waals surface area contributed by atoms with Crippen LogP contribution < -0.4 is 0 Å². The Morgan fingerprint density at radius 1 is 1.50 bits per heavy atom. The molecule has 0 saturated carbocycles. The molecule has 1 aromatic rings. The lowest BCUT2D eigenvalue weighted by Crippen LogP contribution is -2.29. The molecule has 1 aromatic carbocycles. The first kappa shape index (κ1) is 14.1. The minimum atomic E-state index is 0.155. The molecule has 18 heavy (non-hydrogen) atoms. The monoisotopic (exact) mass is 373 g/mol. The average Bonchev–Trinajstić information content (AvgIpc) is 2.80. The van der Waals surface area contributed by atoms with Crippen molar-refractivity contribution in [1.29, 1.82) is 0 Å². The summed E-state index contributed by atoms with van der Waals surface area (Å²) in [4.78, 5) is 14.4. The Balaban J connectivity index is 2.10. The van der Waals surface area contributed by atoms with E-state index in [1.165, 1.54) is 0 Å². The third-order valence-electron chi connectivity index (χ3n) is 3.44. The Labute approximate surface area is 125 Å². The molecule has 0 aliphatic carbocycles. The van der Waals surface area contributed by atoms with Gasteiger partial charge < -0.3 is 4.90 Å². The van der Waals surface area contributed by atoms with Crippen LogP contribution in [0, 0.1) is 12.8 Å². The van der Waals surface area contributed by atoms with Gasteiger partial charge in [0.25, 0.3) is 5.91 Å². The van der Waals surface area contributed by atoms with Gasteiger partial charge >= 0.3 is 0 Å². The van der Waals surface area contributed by atoms with E-state index in [0.29, 0.717) is 5.92 Å². The number of carbonyl (C=O) groups excluding carboxylic acids is 1. The largest absolute Gasteiger partial charge is 0.338 e. The summed E-state index contributed by atoms with van der Waals surface area (Å²) >= 11 is 6.94. The lowest BCUT2D eigenvalue weighted by Gasteiger charge is -2.17. The lowest BCUT2D eigenvalue weighted by atomic mass is 10.1. The van der Waals surface area contributed by atoms with E-state index in [4.69, 9.17) is 0 Å². The van der Waals surface area contributed by atoms with Gasteiger partial charge in [0.2, 0.25) is 0 Å². The van der Waals surface area contributed by atoms with E-state index in [-0.39, 0.29) is 5.91 Å². The molecule has 0 radical (unpaired) electrons. The fourth-order valence-electron chi connectivity index (χ4n) is 2.38. The van der Waals surface area contributed by atoms with Crippen LogP contribution in [-0.4, -0.2) is 29.2 Å². The van der Waals surface area contributed by atoms with Crippen LogP contribution in [0.3, 0.4) is 0 Å². The summed E-state index contributed by atoms with van der Waals surface area (Å²) < 4.78 is 0.891. The summed E-state index contributed by atoms with van der Waals surface area (Å²) in [6, 6.07) is 5.93. The maximum absolute atomic E-state index is 12.5. The molecule has 0 spiro atoms. The smallest absolute Gasteiger partial charge is 0.255 e. The molecule has 1 saturated heterocycles. The zero-order valence-corrected chi connectivity index (χ0v) is 13.6. The molecule has 1 aliphatic heterocycles. The highest BCUT2D eigenvalue weighted by Gasteiger charge is 2.27. The Hall–Kier alpha value is -0.350. The number of likely N-dealkylation sites (tertiary alicyclic amines) is 1. The Bertz CT molecular complexity index is 447. The molecular weight excluding hydrogens is 358 g/mol. The van der Waals surface area contributed by atoms with Crippen molar-refractivity contribution in [2.45, 2.75) is 19.8 Å². The molecule has 4 heteroatoms. The van der Waals surface area contributed by atoms with Crippen molar-refractivity contribution < 1.29 is 4.79 Å². The molecule has 1 atom stereocenters. The maximum atomic E-state index is 12.5. The summed E-state index contributed by atoms with van der Waals surface area (Å²) in [7, 11) is 0. The maximum Gasteiger partial charge on any atom is 0.255 e. The summed E-state index contributed by atoms with van der Waals surface area (Å²) in [5, 5.41) is 1.02. The second kappa shape index (κ2) is 6.20. The van der Waals surface area contributed by atoms with Crippen LogP contribution in [0.4, 0.5) is 0 Å². The van der Waals surface area contributed by atoms with Crippen LogP contribution >= 0.6 is 31.9 Å². The molecule has 1 fully saturated rings. The van der Waals surface area contributed by atoms with Crippen molar-refractivity contribution in [1.82, 2.24) is 4.90 Å². The van der Waals surface area contributed by atoms with Crippen molar-refractivity contribution in [2.24, 2.45) is 5.92 Å². The number of carbonyl (C=O) groups is 1. The molecule has 2 nitrogen and oxygen atoms in total. The summed E-state index contributed by atoms with van der Waals surface area (Å²) in [5.41, 5.74) is 1.91. The molecule has 1 heterocycles. The molecule has 0 bridgehead atoms. The minimum absolute atomic E-state index is 0.155. The van der Waals surface area contributed by atoms with Gasteiger partial charge in [-0.1, -0.05) is 27.6 Å². The van der Waals surface area contributed by atoms with Crippen LogP contribution in [0.1, 0.15) is 28.8 Å². The van der Waals surface area contributed by atoms with Crippen molar-refractivity contribution in [2.75, 3.05) is 18.4 Å². The van der Waals surface area contributed by atoms with Crippen molar-refractivity contribution in [3.8, 4) is 0 Å². The zero-order chi connectivity index (χ0) is 13.1. The molecule has 2 rings (SSSR count). The Morgan fingerprint density at radius 2 is 2.28 bits per heavy atom. The molecule has 98 valence electrons. The predicted octanol–water partition coefficient (Wildman–Crippen LogP) is 4.00. The van der Waals surface area contributed by atoms with Crippen molar-refractivity contribution in [3.63, 3.8) is 0 Å². The Morgan fingerprint density at radius 3 is 3.00 bits per heavy atom. The number of hydrogen-bond acceptors (Lipinski definition) is 1. The predicted molar refractivity (Wildman–Crippen MR) is 81.3 cm³/mol. The quantitative estimate of drug-likeness (QED) is 0.732. The lowest BCUT2D eigenvalue weighted by molar-refractivity contribution is 0.0786. The number of nitrogens with zero attached hydrogens (tertiary/aromatic N) is 1. The fraction of sp³-hybridized carbons (Fsp3) is 0.500. The zero-order valence-electron chi connectivity index (χ0n) is 10.5. The van der Waals surface area contributed by atoms with Crippen LogP contribution in [0.25, 0.3) is 0 Å². The molecule has 1 unspecified atom stereocenters. The number of benzene rings is 1. The molecule has 0 N–H and O–H groups in total. The first-order valence-electron chi connectivity index (χ1n) is 6.23. The van der Waals surface area contributed by atoms with Crippen molar-refractivity contribution in [3.05, 3.63) is 33.8 Å². The third kappa shape index (κ3) is 3.15. The Kier molecular flexibility index (Phi) is 4.84. The van der Waals surface area contributed by atoms with Gasteiger partial charge in [0.15, 0.2) is 0 Å². The normalized spacial score (nSPS) is 19.3. The van der Waals surface area contributed by atoms with E-state index >= 15 is 0 Å². The molecule has 0 aromatic heterocycles. The summed E-state index contributed by atoms with van der Waals surface area (Å²) in [5.74, 6) is 0.805. The minimum Gasteiger partial charge on any atom is -0.338 e. The first-order valence-corrected chi connectivity index (χ1v) is 8.14. The highest BCUT2D eigenvalue weighted by molar-refractivity contribution is 9.10. The van der Waals surface area contributed by atoms with Gasteiger partial charge in [-0.2, -0.15) is 0 Å². The highest BCUT2D eigenvalue weighted by atomic mass is 79.9. The fourth-order valence-corrected chi connectivity index (χ4v) is 3.44. The number of alkyl halides is 1. The number of amides is 1. The number of halogens is 2. The SMILES string of the molecule is Cc1ccc(Br)c(C(=O)N2CCC(CCBr)C2)c1. The standard InChI is InChI=1S/C14H17Br2NO/c1-10-2-3-13(16)12(8-10)14(18)17-7-5-11(9-17)4-6-15/h2-3,8,11H,4-7,9H2,1H3. The van der Waals surface area contributed by atoms with Gasteiger partial charge in [-0.3, -0.25) is 4.79 Å². The van der Waals surface area contributed by atoms with Crippen LogP contribution in [0.15, 0.2) is 22.7 Å². The van der Waals surface area contributed by atoms with Gasteiger partial charge in [0.05, 0.1) is 5.56 Å². The summed E-state index contributed by atoms with van der Waals surface area (Å²) in [6.07, 6.45) is 2.28. The number of hydrogen-bond donors (Lipinski definition) is 0. The van der Waals surface area contributed by atoms with Crippen LogP contribution in [0.2, 0.25) is 0 Å². The summed E-state index contributed by atoms with van der Waals surface area (Å²) in [6.45, 7) is 3.79. The molecule has 1 aliphatic rings. The van der Waals surface area contributed by atoms with Crippen molar-refractivity contribution >= 4 is 37.8 Å². The van der Waals surface area contributed by atoms with E-state index in [1.807, 2.05) is 30.0 Å². The van der Waals surface area contributed by atoms with Gasteiger partial charge in [-0.15, -0.1) is 0 Å². The topological polar surface area (TPSA) is 20.3 Å². The van der Waals surface area contributed by atoms with E-state index in [2.05, 4.69) is 31.9 Å². The van der Waals surface area contributed by atoms with Gasteiger partial charge in [-0.05, 0) is 53.7 Å².